The summed E-state index contributed by atoms with van der Waals surface area (Å²) in [4.78, 5) is 4.52. The topological polar surface area (TPSA) is 24.9 Å². The van der Waals surface area contributed by atoms with E-state index in [9.17, 15) is 0 Å². The number of pyridine rings is 1. The van der Waals surface area contributed by atoms with E-state index in [1.54, 1.807) is 11.3 Å². The number of nitrogens with one attached hydrogen (secondary N) is 1. The first-order valence-corrected chi connectivity index (χ1v) is 6.05. The molecule has 0 bridgehead atoms. The fourth-order valence-electron chi connectivity index (χ4n) is 1.96. The molecule has 1 aliphatic heterocycles. The quantitative estimate of drug-likeness (QED) is 0.844. The van der Waals surface area contributed by atoms with E-state index >= 15 is 0 Å². The summed E-state index contributed by atoms with van der Waals surface area (Å²) in [5.74, 6) is 0. The normalized spacial score (nSPS) is 15.6. The van der Waals surface area contributed by atoms with Crippen LogP contribution in [0.5, 0.6) is 0 Å². The molecule has 0 aliphatic carbocycles. The molecule has 0 spiro atoms. The van der Waals surface area contributed by atoms with Gasteiger partial charge in [-0.2, -0.15) is 0 Å². The Morgan fingerprint density at radius 2 is 2.25 bits per heavy atom. The molecule has 1 aliphatic rings. The van der Waals surface area contributed by atoms with Gasteiger partial charge in [-0.3, -0.25) is 4.98 Å². The van der Waals surface area contributed by atoms with Crippen LogP contribution in [0.4, 0.5) is 0 Å². The van der Waals surface area contributed by atoms with E-state index in [1.807, 2.05) is 6.20 Å². The van der Waals surface area contributed by atoms with Gasteiger partial charge in [0.2, 0.25) is 0 Å². The number of halogens is 1. The van der Waals surface area contributed by atoms with Crippen LogP contribution in [0, 0.1) is 0 Å². The van der Waals surface area contributed by atoms with Crippen LogP contribution in [0.15, 0.2) is 29.8 Å². The monoisotopic (exact) mass is 252 g/mol. The molecule has 0 amide bonds. The zero-order chi connectivity index (χ0) is 10.1. The summed E-state index contributed by atoms with van der Waals surface area (Å²) in [6.07, 6.45) is 5.25. The van der Waals surface area contributed by atoms with Crippen LogP contribution in [-0.2, 0) is 0 Å². The van der Waals surface area contributed by atoms with Gasteiger partial charge in [-0.25, -0.2) is 0 Å². The molecule has 2 nitrogen and oxygen atoms in total. The van der Waals surface area contributed by atoms with Crippen LogP contribution in [0.2, 0.25) is 0 Å². The Labute approximate surface area is 105 Å². The lowest BCUT2D eigenvalue weighted by molar-refractivity contribution is 0.737. The standard InChI is InChI=1S/C12H12N2S.ClH/c1-5-13-6-2-9(1)11-12-10(3-7-14-11)4-8-15-12;/h1,3-4,7-8,13H,2,5-6H2;1H. The molecular formula is C12H13ClN2S. The Kier molecular flexibility index (Phi) is 3.59. The second-order valence-corrected chi connectivity index (χ2v) is 4.60. The minimum absolute atomic E-state index is 0. The average Bonchev–Trinajstić information content (AvgIpc) is 2.78. The van der Waals surface area contributed by atoms with E-state index < -0.39 is 0 Å². The van der Waals surface area contributed by atoms with Crippen LogP contribution >= 0.6 is 23.7 Å². The number of nitrogens with zero attached hydrogens (tertiary/aromatic N) is 1. The van der Waals surface area contributed by atoms with Gasteiger partial charge in [0.1, 0.15) is 0 Å². The predicted molar refractivity (Wildman–Crippen MR) is 72.3 cm³/mol. The van der Waals surface area contributed by atoms with Crippen LogP contribution in [0.3, 0.4) is 0 Å². The molecule has 2 aromatic rings. The van der Waals surface area contributed by atoms with Gasteiger partial charge in [0.05, 0.1) is 10.4 Å². The molecule has 0 fully saturated rings. The van der Waals surface area contributed by atoms with Gasteiger partial charge in [0.15, 0.2) is 0 Å². The molecule has 0 saturated carbocycles. The highest BCUT2D eigenvalue weighted by atomic mass is 35.5. The van der Waals surface area contributed by atoms with Crippen LogP contribution in [0.25, 0.3) is 15.7 Å². The first kappa shape index (κ1) is 11.6. The molecule has 2 aromatic heterocycles. The van der Waals surface area contributed by atoms with E-state index in [0.29, 0.717) is 0 Å². The van der Waals surface area contributed by atoms with Crippen molar-refractivity contribution >= 4 is 39.4 Å². The van der Waals surface area contributed by atoms with Crippen molar-refractivity contribution in [2.24, 2.45) is 0 Å². The van der Waals surface area contributed by atoms with Crippen molar-refractivity contribution < 1.29 is 0 Å². The largest absolute Gasteiger partial charge is 0.313 e. The number of rotatable bonds is 1. The van der Waals surface area contributed by atoms with E-state index in [1.165, 1.54) is 21.4 Å². The molecule has 4 heteroatoms. The van der Waals surface area contributed by atoms with E-state index in [2.05, 4.69) is 33.9 Å². The minimum Gasteiger partial charge on any atom is -0.313 e. The fraction of sp³-hybridized carbons (Fsp3) is 0.250. The Bertz CT molecular complexity index is 518. The summed E-state index contributed by atoms with van der Waals surface area (Å²) >= 11 is 1.78. The second kappa shape index (κ2) is 4.95. The zero-order valence-corrected chi connectivity index (χ0v) is 10.4. The summed E-state index contributed by atoms with van der Waals surface area (Å²) in [7, 11) is 0. The maximum Gasteiger partial charge on any atom is 0.0837 e. The molecule has 0 aromatic carbocycles. The van der Waals surface area contributed by atoms with Crippen molar-refractivity contribution in [2.45, 2.75) is 6.42 Å². The summed E-state index contributed by atoms with van der Waals surface area (Å²) in [5.41, 5.74) is 2.57. The Balaban J connectivity index is 0.000000963. The van der Waals surface area contributed by atoms with Crippen molar-refractivity contribution in [3.05, 3.63) is 35.5 Å². The lowest BCUT2D eigenvalue weighted by atomic mass is 10.0. The van der Waals surface area contributed by atoms with Gasteiger partial charge in [-0.05, 0) is 41.4 Å². The average molecular weight is 253 g/mol. The van der Waals surface area contributed by atoms with E-state index in [-0.39, 0.29) is 12.4 Å². The van der Waals surface area contributed by atoms with E-state index in [0.717, 1.165) is 19.5 Å². The van der Waals surface area contributed by atoms with Gasteiger partial charge in [0.25, 0.3) is 0 Å². The number of aromatic nitrogens is 1. The number of fused-ring (bicyclic) bond motifs is 1. The first-order chi connectivity index (χ1) is 7.45. The third-order valence-electron chi connectivity index (χ3n) is 2.74. The van der Waals surface area contributed by atoms with Crippen molar-refractivity contribution in [1.82, 2.24) is 10.3 Å². The van der Waals surface area contributed by atoms with Gasteiger partial charge in [0, 0.05) is 12.7 Å². The van der Waals surface area contributed by atoms with Gasteiger partial charge in [-0.15, -0.1) is 23.7 Å². The third kappa shape index (κ3) is 1.98. The summed E-state index contributed by atoms with van der Waals surface area (Å²) in [5, 5.41) is 6.77. The maximum atomic E-state index is 4.52. The summed E-state index contributed by atoms with van der Waals surface area (Å²) in [6, 6.07) is 4.24. The van der Waals surface area contributed by atoms with Crippen LogP contribution in [0.1, 0.15) is 12.1 Å². The summed E-state index contributed by atoms with van der Waals surface area (Å²) < 4.78 is 1.32. The zero-order valence-electron chi connectivity index (χ0n) is 8.77. The molecule has 0 saturated heterocycles. The van der Waals surface area contributed by atoms with Gasteiger partial charge in [-0.1, -0.05) is 6.08 Å². The Morgan fingerprint density at radius 1 is 1.31 bits per heavy atom. The number of hydrogen-bond donors (Lipinski definition) is 1. The Hall–Kier alpha value is -0.900. The molecule has 0 atom stereocenters. The van der Waals surface area contributed by atoms with Crippen molar-refractivity contribution in [2.75, 3.05) is 13.1 Å². The van der Waals surface area contributed by atoms with Crippen LogP contribution < -0.4 is 5.32 Å². The van der Waals surface area contributed by atoms with Crippen molar-refractivity contribution in [1.29, 1.82) is 0 Å². The van der Waals surface area contributed by atoms with Gasteiger partial charge < -0.3 is 5.32 Å². The highest BCUT2D eigenvalue weighted by molar-refractivity contribution is 7.17. The maximum absolute atomic E-state index is 4.52. The highest BCUT2D eigenvalue weighted by Gasteiger charge is 2.10. The number of thiophene rings is 1. The predicted octanol–water partition coefficient (Wildman–Crippen LogP) is 3.09. The molecular weight excluding hydrogens is 240 g/mol. The smallest absolute Gasteiger partial charge is 0.0837 e. The molecule has 1 N–H and O–H groups in total. The first-order valence-electron chi connectivity index (χ1n) is 5.17. The van der Waals surface area contributed by atoms with Gasteiger partial charge >= 0.3 is 0 Å². The molecule has 3 rings (SSSR count). The molecule has 0 radical (unpaired) electrons. The second-order valence-electron chi connectivity index (χ2n) is 3.68. The minimum atomic E-state index is 0. The summed E-state index contributed by atoms with van der Waals surface area (Å²) in [6.45, 7) is 2.04. The van der Waals surface area contributed by atoms with Crippen molar-refractivity contribution in [3.63, 3.8) is 0 Å². The SMILES string of the molecule is C1=C(c2nccc3ccsc23)CCNC1.Cl. The Morgan fingerprint density at radius 3 is 3.06 bits per heavy atom. The fourth-order valence-corrected chi connectivity index (χ4v) is 2.88. The van der Waals surface area contributed by atoms with Crippen LogP contribution in [-0.4, -0.2) is 18.1 Å². The molecule has 3 heterocycles. The molecule has 0 unspecified atom stereocenters. The molecule has 16 heavy (non-hydrogen) atoms. The third-order valence-corrected chi connectivity index (χ3v) is 3.67. The van der Waals surface area contributed by atoms with E-state index in [4.69, 9.17) is 0 Å². The molecule has 84 valence electrons. The highest BCUT2D eigenvalue weighted by Crippen LogP contribution is 2.29. The lowest BCUT2D eigenvalue weighted by Crippen LogP contribution is -2.20. The lowest BCUT2D eigenvalue weighted by Gasteiger charge is -2.13. The number of hydrogen-bond acceptors (Lipinski definition) is 3. The van der Waals surface area contributed by atoms with Crippen molar-refractivity contribution in [3.8, 4) is 0 Å².